The van der Waals surface area contributed by atoms with Crippen molar-refractivity contribution in [3.63, 3.8) is 0 Å². The molecule has 0 aromatic heterocycles. The molecule has 0 saturated carbocycles. The van der Waals surface area contributed by atoms with Crippen LogP contribution in [0.5, 0.6) is 0 Å². The monoisotopic (exact) mass is 493 g/mol. The van der Waals surface area contributed by atoms with Crippen molar-refractivity contribution in [3.05, 3.63) is 64.2 Å². The number of hydrogen-bond donors (Lipinski definition) is 1. The highest BCUT2D eigenvalue weighted by atomic mass is 35.5. The van der Waals surface area contributed by atoms with Gasteiger partial charge in [0.25, 0.3) is 0 Å². The van der Waals surface area contributed by atoms with E-state index < -0.39 is 28.5 Å². The molecule has 2 amide bonds. The number of hydrogen-bond acceptors (Lipinski definition) is 4. The summed E-state index contributed by atoms with van der Waals surface area (Å²) in [7, 11) is -3.75. The lowest BCUT2D eigenvalue weighted by atomic mass is 10.1. The molecule has 0 aliphatic rings. The van der Waals surface area contributed by atoms with Crippen LogP contribution in [0, 0.1) is 13.8 Å². The maximum atomic E-state index is 13.4. The second-order valence-corrected chi connectivity index (χ2v) is 10.6. The molecule has 0 radical (unpaired) electrons. The normalized spacial score (nSPS) is 12.2. The molecule has 9 heteroatoms. The van der Waals surface area contributed by atoms with Crippen molar-refractivity contribution in [1.82, 2.24) is 10.2 Å². The molecular weight excluding hydrogens is 462 g/mol. The number of carbonyl (C=O) groups excluding carboxylic acids is 2. The van der Waals surface area contributed by atoms with Crippen molar-refractivity contribution in [2.24, 2.45) is 0 Å². The van der Waals surface area contributed by atoms with Crippen LogP contribution >= 0.6 is 11.6 Å². The Morgan fingerprint density at radius 2 is 1.64 bits per heavy atom. The largest absolute Gasteiger partial charge is 0.354 e. The number of rotatable bonds is 10. The van der Waals surface area contributed by atoms with Gasteiger partial charge in [0, 0.05) is 18.1 Å². The Balaban J connectivity index is 2.39. The van der Waals surface area contributed by atoms with E-state index in [9.17, 15) is 18.0 Å². The van der Waals surface area contributed by atoms with E-state index in [-0.39, 0.29) is 12.5 Å². The van der Waals surface area contributed by atoms with Crippen LogP contribution in [0.2, 0.25) is 5.02 Å². The van der Waals surface area contributed by atoms with Gasteiger partial charge in [0.15, 0.2) is 0 Å². The van der Waals surface area contributed by atoms with Crippen LogP contribution in [0.3, 0.4) is 0 Å². The first kappa shape index (κ1) is 26.7. The highest BCUT2D eigenvalue weighted by Crippen LogP contribution is 2.22. The van der Waals surface area contributed by atoms with Crippen LogP contribution in [0.4, 0.5) is 5.69 Å². The number of nitrogens with zero attached hydrogens (tertiary/aromatic N) is 2. The van der Waals surface area contributed by atoms with E-state index in [2.05, 4.69) is 5.32 Å². The minimum atomic E-state index is -3.75. The quantitative estimate of drug-likeness (QED) is 0.547. The second-order valence-electron chi connectivity index (χ2n) is 8.23. The van der Waals surface area contributed by atoms with Crippen molar-refractivity contribution < 1.29 is 18.0 Å². The summed E-state index contributed by atoms with van der Waals surface area (Å²) in [6, 6.07) is 11.6. The van der Waals surface area contributed by atoms with Gasteiger partial charge >= 0.3 is 0 Å². The lowest BCUT2D eigenvalue weighted by Gasteiger charge is -2.31. The third-order valence-corrected chi connectivity index (χ3v) is 6.55. The molecule has 2 aromatic carbocycles. The lowest BCUT2D eigenvalue weighted by Crippen LogP contribution is -2.51. The standard InChI is InChI=1S/C24H32ClN3O4S/c1-6-11-26-24(30)19(4)27(15-20-7-9-21(25)10-8-20)23(29)16-28(33(5,31)32)22-13-17(2)12-18(3)14-22/h7-10,12-14,19H,6,11,15-16H2,1-5H3,(H,26,30). The molecule has 1 N–H and O–H groups in total. The van der Waals surface area contributed by atoms with E-state index in [0.29, 0.717) is 17.3 Å². The van der Waals surface area contributed by atoms with Gasteiger partial charge in [0.1, 0.15) is 12.6 Å². The van der Waals surface area contributed by atoms with E-state index in [0.717, 1.165) is 33.7 Å². The zero-order valence-electron chi connectivity index (χ0n) is 19.8. The number of aryl methyl sites for hydroxylation is 2. The molecule has 1 atom stereocenters. The van der Waals surface area contributed by atoms with Crippen molar-refractivity contribution in [1.29, 1.82) is 0 Å². The van der Waals surface area contributed by atoms with Crippen molar-refractivity contribution in [2.45, 2.75) is 46.7 Å². The van der Waals surface area contributed by atoms with Crippen LogP contribution < -0.4 is 9.62 Å². The smallest absolute Gasteiger partial charge is 0.244 e. The second kappa shape index (κ2) is 11.5. The number of benzene rings is 2. The number of amides is 2. The minimum absolute atomic E-state index is 0.140. The van der Waals surface area contributed by atoms with Crippen LogP contribution in [0.1, 0.15) is 37.0 Å². The van der Waals surface area contributed by atoms with Crippen LogP contribution in [0.15, 0.2) is 42.5 Å². The zero-order chi connectivity index (χ0) is 24.8. The first-order valence-corrected chi connectivity index (χ1v) is 13.0. The molecule has 0 bridgehead atoms. The molecular formula is C24H32ClN3O4S. The van der Waals surface area contributed by atoms with Crippen molar-refractivity contribution >= 4 is 39.1 Å². The highest BCUT2D eigenvalue weighted by molar-refractivity contribution is 7.92. The Morgan fingerprint density at radius 3 is 2.15 bits per heavy atom. The van der Waals surface area contributed by atoms with Gasteiger partial charge in [-0.3, -0.25) is 13.9 Å². The number of nitrogens with one attached hydrogen (secondary N) is 1. The molecule has 0 heterocycles. The fraction of sp³-hybridized carbons (Fsp3) is 0.417. The summed E-state index contributed by atoms with van der Waals surface area (Å²) in [6.45, 7) is 7.53. The summed E-state index contributed by atoms with van der Waals surface area (Å²) in [6.07, 6.45) is 1.83. The van der Waals surface area contributed by atoms with Gasteiger partial charge in [-0.2, -0.15) is 0 Å². The Hall–Kier alpha value is -2.58. The van der Waals surface area contributed by atoms with E-state index in [1.807, 2.05) is 26.8 Å². The molecule has 0 aliphatic heterocycles. The Kier molecular flexibility index (Phi) is 9.31. The number of carbonyl (C=O) groups is 2. The molecule has 33 heavy (non-hydrogen) atoms. The molecule has 2 aromatic rings. The maximum absolute atomic E-state index is 13.4. The van der Waals surface area contributed by atoms with Crippen molar-refractivity contribution in [2.75, 3.05) is 23.7 Å². The predicted molar refractivity (Wildman–Crippen MR) is 133 cm³/mol. The van der Waals surface area contributed by atoms with Gasteiger partial charge in [-0.1, -0.05) is 36.7 Å². The summed E-state index contributed by atoms with van der Waals surface area (Å²) in [5.41, 5.74) is 2.96. The van der Waals surface area contributed by atoms with Gasteiger partial charge in [-0.25, -0.2) is 8.42 Å². The summed E-state index contributed by atoms with van der Waals surface area (Å²) >= 11 is 5.98. The Morgan fingerprint density at radius 1 is 1.06 bits per heavy atom. The highest BCUT2D eigenvalue weighted by Gasteiger charge is 2.30. The van der Waals surface area contributed by atoms with E-state index in [1.165, 1.54) is 4.90 Å². The van der Waals surface area contributed by atoms with Gasteiger partial charge in [-0.15, -0.1) is 0 Å². The SMILES string of the molecule is CCCNC(=O)C(C)N(Cc1ccc(Cl)cc1)C(=O)CN(c1cc(C)cc(C)c1)S(C)(=O)=O. The number of anilines is 1. The molecule has 0 spiro atoms. The van der Waals surface area contributed by atoms with Gasteiger partial charge in [0.2, 0.25) is 21.8 Å². The zero-order valence-corrected chi connectivity index (χ0v) is 21.3. The topological polar surface area (TPSA) is 86.8 Å². The summed E-state index contributed by atoms with van der Waals surface area (Å²) in [4.78, 5) is 27.5. The molecule has 2 rings (SSSR count). The molecule has 7 nitrogen and oxygen atoms in total. The molecule has 0 aliphatic carbocycles. The van der Waals surface area contributed by atoms with Gasteiger partial charge in [0.05, 0.1) is 11.9 Å². The molecule has 0 saturated heterocycles. The number of sulfonamides is 1. The summed E-state index contributed by atoms with van der Waals surface area (Å²) in [5, 5.41) is 3.37. The van der Waals surface area contributed by atoms with Crippen LogP contribution in [-0.2, 0) is 26.2 Å². The number of halogens is 1. The van der Waals surface area contributed by atoms with E-state index >= 15 is 0 Å². The Bertz CT molecular complexity index is 1070. The predicted octanol–water partition coefficient (Wildman–Crippen LogP) is 3.67. The van der Waals surface area contributed by atoms with Crippen molar-refractivity contribution in [3.8, 4) is 0 Å². The first-order chi connectivity index (χ1) is 15.4. The first-order valence-electron chi connectivity index (χ1n) is 10.8. The average Bonchev–Trinajstić information content (AvgIpc) is 2.73. The third kappa shape index (κ3) is 7.75. The van der Waals surface area contributed by atoms with Crippen LogP contribution in [0.25, 0.3) is 0 Å². The summed E-state index contributed by atoms with van der Waals surface area (Å²) in [5.74, 6) is -0.773. The lowest BCUT2D eigenvalue weighted by molar-refractivity contribution is -0.139. The van der Waals surface area contributed by atoms with Crippen LogP contribution in [-0.4, -0.2) is 50.5 Å². The maximum Gasteiger partial charge on any atom is 0.244 e. The minimum Gasteiger partial charge on any atom is -0.354 e. The van der Waals surface area contributed by atoms with E-state index in [4.69, 9.17) is 11.6 Å². The van der Waals surface area contributed by atoms with Gasteiger partial charge < -0.3 is 10.2 Å². The van der Waals surface area contributed by atoms with E-state index in [1.54, 1.807) is 43.3 Å². The molecule has 180 valence electrons. The fourth-order valence-electron chi connectivity index (χ4n) is 3.47. The third-order valence-electron chi connectivity index (χ3n) is 5.16. The van der Waals surface area contributed by atoms with Gasteiger partial charge in [-0.05, 0) is 68.1 Å². The molecule has 0 fully saturated rings. The average molecular weight is 494 g/mol. The molecule has 1 unspecified atom stereocenters. The summed E-state index contributed by atoms with van der Waals surface area (Å²) < 4.78 is 26.3. The fourth-order valence-corrected chi connectivity index (χ4v) is 4.43. The Labute approximate surface area is 201 Å².